The predicted molar refractivity (Wildman–Crippen MR) is 75.1 cm³/mol. The Morgan fingerprint density at radius 2 is 2.05 bits per heavy atom. The number of ether oxygens (including phenoxy) is 2. The molecular weight excluding hydrogens is 242 g/mol. The second kappa shape index (κ2) is 7.79. The summed E-state index contributed by atoms with van der Waals surface area (Å²) in [5, 5.41) is 0. The van der Waals surface area contributed by atoms with Crippen LogP contribution in [0.5, 0.6) is 5.75 Å². The van der Waals surface area contributed by atoms with E-state index in [2.05, 4.69) is 4.90 Å². The number of rotatable bonds is 7. The Morgan fingerprint density at radius 1 is 1.37 bits per heavy atom. The molecule has 1 aromatic carbocycles. The molecule has 0 bridgehead atoms. The molecule has 106 valence electrons. The number of nitrogens with zero attached hydrogens (tertiary/aromatic N) is 1. The van der Waals surface area contributed by atoms with Crippen LogP contribution in [0.1, 0.15) is 19.4 Å². The molecule has 4 heteroatoms. The predicted octanol–water partition coefficient (Wildman–Crippen LogP) is 2.33. The van der Waals surface area contributed by atoms with Gasteiger partial charge in [-0.1, -0.05) is 25.1 Å². The van der Waals surface area contributed by atoms with Crippen molar-refractivity contribution >= 4 is 5.97 Å². The van der Waals surface area contributed by atoms with E-state index < -0.39 is 0 Å². The third kappa shape index (κ3) is 4.91. The Kier molecular flexibility index (Phi) is 6.36. The highest BCUT2D eigenvalue weighted by Gasteiger charge is 2.16. The number of hydrogen-bond acceptors (Lipinski definition) is 4. The van der Waals surface area contributed by atoms with Crippen molar-refractivity contribution in [2.75, 3.05) is 27.3 Å². The maximum absolute atomic E-state index is 11.4. The van der Waals surface area contributed by atoms with Gasteiger partial charge < -0.3 is 14.4 Å². The highest BCUT2D eigenvalue weighted by molar-refractivity contribution is 5.72. The van der Waals surface area contributed by atoms with Gasteiger partial charge in [0.2, 0.25) is 0 Å². The van der Waals surface area contributed by atoms with E-state index in [1.165, 1.54) is 7.11 Å². The lowest BCUT2D eigenvalue weighted by Gasteiger charge is -2.21. The Balaban J connectivity index is 2.61. The van der Waals surface area contributed by atoms with Gasteiger partial charge in [0.1, 0.15) is 5.75 Å². The summed E-state index contributed by atoms with van der Waals surface area (Å²) < 4.78 is 10.3. The maximum Gasteiger partial charge on any atom is 0.309 e. The zero-order valence-corrected chi connectivity index (χ0v) is 12.2. The van der Waals surface area contributed by atoms with E-state index in [1.54, 1.807) is 0 Å². The van der Waals surface area contributed by atoms with E-state index in [1.807, 2.05) is 45.2 Å². The van der Waals surface area contributed by atoms with Crippen LogP contribution in [-0.2, 0) is 16.1 Å². The summed E-state index contributed by atoms with van der Waals surface area (Å²) in [7, 11) is 3.41. The summed E-state index contributed by atoms with van der Waals surface area (Å²) in [5.74, 6) is 0.599. The minimum atomic E-state index is -0.176. The lowest BCUT2D eigenvalue weighted by Crippen LogP contribution is -2.29. The molecule has 0 fully saturated rings. The van der Waals surface area contributed by atoms with Gasteiger partial charge in [0, 0.05) is 18.7 Å². The monoisotopic (exact) mass is 265 g/mol. The highest BCUT2D eigenvalue weighted by atomic mass is 16.5. The molecule has 0 saturated heterocycles. The number of benzene rings is 1. The van der Waals surface area contributed by atoms with Crippen molar-refractivity contribution in [2.45, 2.75) is 20.4 Å². The van der Waals surface area contributed by atoms with Crippen LogP contribution < -0.4 is 4.74 Å². The average molecular weight is 265 g/mol. The first-order chi connectivity index (χ1) is 9.08. The molecule has 0 radical (unpaired) electrons. The molecule has 4 nitrogen and oxygen atoms in total. The molecule has 1 unspecified atom stereocenters. The fourth-order valence-corrected chi connectivity index (χ4v) is 2.03. The van der Waals surface area contributed by atoms with Gasteiger partial charge in [0.25, 0.3) is 0 Å². The first-order valence-electron chi connectivity index (χ1n) is 6.55. The third-order valence-corrected chi connectivity index (χ3v) is 2.90. The summed E-state index contributed by atoms with van der Waals surface area (Å²) >= 11 is 0. The molecule has 0 amide bonds. The summed E-state index contributed by atoms with van der Waals surface area (Å²) in [5.41, 5.74) is 1.13. The van der Waals surface area contributed by atoms with Crippen molar-refractivity contribution in [3.8, 4) is 5.75 Å². The minimum Gasteiger partial charge on any atom is -0.494 e. The molecule has 0 spiro atoms. The van der Waals surface area contributed by atoms with Gasteiger partial charge in [0.05, 0.1) is 19.6 Å². The van der Waals surface area contributed by atoms with Crippen LogP contribution in [0.25, 0.3) is 0 Å². The normalized spacial score (nSPS) is 12.3. The van der Waals surface area contributed by atoms with E-state index >= 15 is 0 Å². The first-order valence-corrected chi connectivity index (χ1v) is 6.55. The van der Waals surface area contributed by atoms with Crippen LogP contribution in [-0.4, -0.2) is 38.2 Å². The summed E-state index contributed by atoms with van der Waals surface area (Å²) in [6.45, 7) is 5.90. The second-order valence-corrected chi connectivity index (χ2v) is 4.66. The fraction of sp³-hybridized carbons (Fsp3) is 0.533. The molecular formula is C15H23NO3. The lowest BCUT2D eigenvalue weighted by atomic mass is 10.1. The van der Waals surface area contributed by atoms with E-state index in [-0.39, 0.29) is 11.9 Å². The van der Waals surface area contributed by atoms with Crippen LogP contribution >= 0.6 is 0 Å². The molecule has 0 N–H and O–H groups in total. The van der Waals surface area contributed by atoms with Crippen LogP contribution in [0.15, 0.2) is 24.3 Å². The van der Waals surface area contributed by atoms with E-state index in [0.29, 0.717) is 13.2 Å². The quantitative estimate of drug-likeness (QED) is 0.709. The molecule has 19 heavy (non-hydrogen) atoms. The standard InChI is InChI=1S/C15H23NO3/c1-5-19-14-9-7-6-8-13(14)11-16(3)10-12(2)15(17)18-4/h6-9,12H,5,10-11H2,1-4H3. The third-order valence-electron chi connectivity index (χ3n) is 2.90. The maximum atomic E-state index is 11.4. The van der Waals surface area contributed by atoms with Crippen molar-refractivity contribution in [2.24, 2.45) is 5.92 Å². The van der Waals surface area contributed by atoms with Gasteiger partial charge in [-0.2, -0.15) is 0 Å². The Hall–Kier alpha value is -1.55. The number of methoxy groups -OCH3 is 1. The molecule has 0 heterocycles. The Labute approximate surface area is 115 Å². The Morgan fingerprint density at radius 3 is 2.68 bits per heavy atom. The van der Waals surface area contributed by atoms with Gasteiger partial charge in [-0.25, -0.2) is 0 Å². The van der Waals surface area contributed by atoms with Crippen molar-refractivity contribution in [3.05, 3.63) is 29.8 Å². The average Bonchev–Trinajstić information content (AvgIpc) is 2.40. The van der Waals surface area contributed by atoms with Gasteiger partial charge >= 0.3 is 5.97 Å². The molecule has 0 aromatic heterocycles. The molecule has 0 aliphatic heterocycles. The summed E-state index contributed by atoms with van der Waals surface area (Å²) in [6, 6.07) is 7.97. The number of hydrogen-bond donors (Lipinski definition) is 0. The van der Waals surface area contributed by atoms with Crippen LogP contribution in [0.4, 0.5) is 0 Å². The molecule has 1 aromatic rings. The lowest BCUT2D eigenvalue weighted by molar-refractivity contribution is -0.145. The second-order valence-electron chi connectivity index (χ2n) is 4.66. The SMILES string of the molecule is CCOc1ccccc1CN(C)CC(C)C(=O)OC. The zero-order valence-electron chi connectivity index (χ0n) is 12.2. The Bertz CT molecular complexity index is 406. The van der Waals surface area contributed by atoms with Crippen molar-refractivity contribution in [3.63, 3.8) is 0 Å². The summed E-state index contributed by atoms with van der Waals surface area (Å²) in [4.78, 5) is 13.5. The molecule has 1 rings (SSSR count). The number of carbonyl (C=O) groups is 1. The van der Waals surface area contributed by atoms with Crippen molar-refractivity contribution < 1.29 is 14.3 Å². The largest absolute Gasteiger partial charge is 0.494 e. The van der Waals surface area contributed by atoms with Gasteiger partial charge in [-0.15, -0.1) is 0 Å². The zero-order chi connectivity index (χ0) is 14.3. The van der Waals surface area contributed by atoms with Crippen LogP contribution in [0.2, 0.25) is 0 Å². The molecule has 0 saturated carbocycles. The fourth-order valence-electron chi connectivity index (χ4n) is 2.03. The molecule has 1 atom stereocenters. The van der Waals surface area contributed by atoms with Crippen molar-refractivity contribution in [1.29, 1.82) is 0 Å². The van der Waals surface area contributed by atoms with E-state index in [9.17, 15) is 4.79 Å². The molecule has 0 aliphatic carbocycles. The van der Waals surface area contributed by atoms with Gasteiger partial charge in [-0.3, -0.25) is 4.79 Å². The van der Waals surface area contributed by atoms with Gasteiger partial charge in [-0.05, 0) is 20.0 Å². The van der Waals surface area contributed by atoms with E-state index in [0.717, 1.165) is 17.9 Å². The summed E-state index contributed by atoms with van der Waals surface area (Å²) in [6.07, 6.45) is 0. The number of carbonyl (C=O) groups excluding carboxylic acids is 1. The molecule has 0 aliphatic rings. The highest BCUT2D eigenvalue weighted by Crippen LogP contribution is 2.19. The minimum absolute atomic E-state index is 0.130. The topological polar surface area (TPSA) is 38.8 Å². The smallest absolute Gasteiger partial charge is 0.309 e. The van der Waals surface area contributed by atoms with E-state index in [4.69, 9.17) is 9.47 Å². The van der Waals surface area contributed by atoms with Gasteiger partial charge in [0.15, 0.2) is 0 Å². The number of para-hydroxylation sites is 1. The first kappa shape index (κ1) is 15.5. The van der Waals surface area contributed by atoms with Crippen LogP contribution in [0.3, 0.4) is 0 Å². The number of esters is 1. The van der Waals surface area contributed by atoms with Crippen LogP contribution in [0, 0.1) is 5.92 Å². The van der Waals surface area contributed by atoms with Crippen molar-refractivity contribution in [1.82, 2.24) is 4.90 Å².